The molecule has 1 aliphatic rings. The van der Waals surface area contributed by atoms with Gasteiger partial charge < -0.3 is 10.2 Å². The second-order valence-corrected chi connectivity index (χ2v) is 12.9. The molecule has 0 aromatic heterocycles. The van der Waals surface area contributed by atoms with Crippen LogP contribution in [-0.4, -0.2) is 21.9 Å². The Balaban J connectivity index is 2.61. The van der Waals surface area contributed by atoms with E-state index in [2.05, 4.69) is 147 Å². The average Bonchev–Trinajstić information content (AvgIpc) is 2.84. The van der Waals surface area contributed by atoms with Crippen LogP contribution in [0.25, 0.3) is 0 Å². The predicted octanol–water partition coefficient (Wildman–Crippen LogP) is 10.7. The molecule has 1 aliphatic carbocycles. The summed E-state index contributed by atoms with van der Waals surface area (Å²) in [6.07, 6.45) is 37.6. The lowest BCUT2D eigenvalue weighted by atomic mass is 9.71. The first-order chi connectivity index (χ1) is 19.6. The minimum Gasteiger partial charge on any atom is -0.393 e. The van der Waals surface area contributed by atoms with E-state index in [1.807, 2.05) is 26.0 Å². The molecular weight excluding hydrogens is 512 g/mol. The van der Waals surface area contributed by atoms with Gasteiger partial charge in [0.2, 0.25) is 0 Å². The van der Waals surface area contributed by atoms with Gasteiger partial charge in [-0.25, -0.2) is 0 Å². The fourth-order valence-corrected chi connectivity index (χ4v) is 4.68. The van der Waals surface area contributed by atoms with Gasteiger partial charge in [0.15, 0.2) is 0 Å². The van der Waals surface area contributed by atoms with Crippen molar-refractivity contribution in [2.45, 2.75) is 100 Å². The summed E-state index contributed by atoms with van der Waals surface area (Å²) in [5.41, 5.74) is 7.86. The van der Waals surface area contributed by atoms with E-state index in [0.29, 0.717) is 6.42 Å². The van der Waals surface area contributed by atoms with E-state index in [1.54, 1.807) is 0 Å². The summed E-state index contributed by atoms with van der Waals surface area (Å²) >= 11 is 0. The minimum absolute atomic E-state index is 0.00454. The number of aliphatic hydroxyl groups is 2. The fraction of sp³-hybridized carbons (Fsp3) is 0.400. The lowest BCUT2D eigenvalue weighted by molar-refractivity contribution is 0.0839. The van der Waals surface area contributed by atoms with Crippen molar-refractivity contribution in [3.8, 4) is 0 Å². The highest BCUT2D eigenvalue weighted by molar-refractivity contribution is 5.38. The highest BCUT2D eigenvalue weighted by atomic mass is 16.3. The first-order valence-electron chi connectivity index (χ1n) is 15.1. The Hall–Kier alpha value is -3.20. The van der Waals surface area contributed by atoms with Crippen molar-refractivity contribution >= 4 is 0 Å². The average molecular weight is 569 g/mol. The molecule has 1 rings (SSSR count). The monoisotopic (exact) mass is 568 g/mol. The Morgan fingerprint density at radius 1 is 0.714 bits per heavy atom. The van der Waals surface area contributed by atoms with Gasteiger partial charge in [0.25, 0.3) is 0 Å². The molecule has 228 valence electrons. The summed E-state index contributed by atoms with van der Waals surface area (Å²) in [5, 5.41) is 19.9. The van der Waals surface area contributed by atoms with Crippen LogP contribution in [0, 0.1) is 5.41 Å². The zero-order valence-corrected chi connectivity index (χ0v) is 27.9. The summed E-state index contributed by atoms with van der Waals surface area (Å²) in [7, 11) is 0. The molecule has 0 spiro atoms. The summed E-state index contributed by atoms with van der Waals surface area (Å²) in [4.78, 5) is 0. The Morgan fingerprint density at radius 3 is 1.55 bits per heavy atom. The van der Waals surface area contributed by atoms with Gasteiger partial charge >= 0.3 is 0 Å². The first kappa shape index (κ1) is 36.8. The third-order valence-electron chi connectivity index (χ3n) is 6.97. The summed E-state index contributed by atoms with van der Waals surface area (Å²) in [6.45, 7) is 20.7. The maximum atomic E-state index is 10.1. The molecule has 0 saturated heterocycles. The van der Waals surface area contributed by atoms with E-state index in [0.717, 1.165) is 18.4 Å². The third-order valence-corrected chi connectivity index (χ3v) is 6.97. The Morgan fingerprint density at radius 2 is 1.12 bits per heavy atom. The van der Waals surface area contributed by atoms with E-state index in [4.69, 9.17) is 0 Å². The molecule has 0 aliphatic heterocycles. The van der Waals surface area contributed by atoms with Crippen LogP contribution in [0.1, 0.15) is 88.5 Å². The SMILES string of the molecule is CC1=C(/C=C/C(C)=C/C=C/C(C)=C/C=C/C=C(C)/C=C/C=C(C)/C=C/C=C(C)/C=C/CC(C)(C)O)C(C)(C)CC(O)C1. The highest BCUT2D eigenvalue weighted by Crippen LogP contribution is 2.41. The second-order valence-electron chi connectivity index (χ2n) is 12.9. The molecule has 2 nitrogen and oxygen atoms in total. The molecule has 0 heterocycles. The van der Waals surface area contributed by atoms with Crippen LogP contribution in [-0.2, 0) is 0 Å². The Kier molecular flexibility index (Phi) is 16.1. The number of hydrogen-bond donors (Lipinski definition) is 2. The van der Waals surface area contributed by atoms with Gasteiger partial charge in [-0.15, -0.1) is 0 Å². The smallest absolute Gasteiger partial charge is 0.0626 e. The molecule has 2 N–H and O–H groups in total. The van der Waals surface area contributed by atoms with Crippen LogP contribution in [0.5, 0.6) is 0 Å². The quantitative estimate of drug-likeness (QED) is 0.217. The number of hydrogen-bond acceptors (Lipinski definition) is 2. The second kappa shape index (κ2) is 18.4. The van der Waals surface area contributed by atoms with Crippen molar-refractivity contribution < 1.29 is 10.2 Å². The first-order valence-corrected chi connectivity index (χ1v) is 15.1. The molecular formula is C40H56O2. The van der Waals surface area contributed by atoms with Gasteiger partial charge in [0, 0.05) is 0 Å². The molecule has 0 fully saturated rings. The number of rotatable bonds is 13. The molecule has 2 heteroatoms. The normalized spacial score (nSPS) is 20.8. The molecule has 0 amide bonds. The van der Waals surface area contributed by atoms with Crippen molar-refractivity contribution in [3.05, 3.63) is 142 Å². The van der Waals surface area contributed by atoms with E-state index >= 15 is 0 Å². The van der Waals surface area contributed by atoms with Gasteiger partial charge in [0.1, 0.15) is 0 Å². The molecule has 0 saturated carbocycles. The summed E-state index contributed by atoms with van der Waals surface area (Å²) in [6, 6.07) is 0. The van der Waals surface area contributed by atoms with Gasteiger partial charge in [0.05, 0.1) is 11.7 Å². The van der Waals surface area contributed by atoms with Gasteiger partial charge in [-0.1, -0.05) is 151 Å². The third kappa shape index (κ3) is 16.9. The number of aliphatic hydroxyl groups excluding tert-OH is 1. The topological polar surface area (TPSA) is 40.5 Å². The van der Waals surface area contributed by atoms with E-state index in [1.165, 1.54) is 33.4 Å². The molecule has 42 heavy (non-hydrogen) atoms. The van der Waals surface area contributed by atoms with Crippen molar-refractivity contribution in [2.75, 3.05) is 0 Å². The van der Waals surface area contributed by atoms with Crippen molar-refractivity contribution in [1.29, 1.82) is 0 Å². The lowest BCUT2D eigenvalue weighted by Gasteiger charge is -2.35. The highest BCUT2D eigenvalue weighted by Gasteiger charge is 2.31. The Labute approximate surface area is 257 Å². The van der Waals surface area contributed by atoms with Gasteiger partial charge in [-0.3, -0.25) is 0 Å². The molecule has 1 unspecified atom stereocenters. The standard InChI is InChI=1S/C40H56O2/c1-31(19-13-21-33(3)22-14-23-34(4)25-16-28-40(9,10)42)17-11-12-18-32(2)20-15-24-35(5)26-27-38-36(6)29-37(41)30-39(38,7)8/h11-27,37,41-42H,28-30H2,1-10H3/b12-11+,19-13+,20-15+,22-14+,25-16+,27-26+,31-17+,32-18+,33-21+,34-23+,35-24+. The maximum absolute atomic E-state index is 10.1. The predicted molar refractivity (Wildman–Crippen MR) is 186 cm³/mol. The zero-order chi connectivity index (χ0) is 31.8. The largest absolute Gasteiger partial charge is 0.393 e. The maximum Gasteiger partial charge on any atom is 0.0626 e. The van der Waals surface area contributed by atoms with Crippen LogP contribution in [0.4, 0.5) is 0 Å². The van der Waals surface area contributed by atoms with Gasteiger partial charge in [-0.2, -0.15) is 0 Å². The summed E-state index contributed by atoms with van der Waals surface area (Å²) < 4.78 is 0. The molecule has 0 aromatic carbocycles. The van der Waals surface area contributed by atoms with Crippen molar-refractivity contribution in [1.82, 2.24) is 0 Å². The van der Waals surface area contributed by atoms with E-state index < -0.39 is 5.60 Å². The molecule has 0 radical (unpaired) electrons. The van der Waals surface area contributed by atoms with Crippen LogP contribution in [0.3, 0.4) is 0 Å². The van der Waals surface area contributed by atoms with Crippen molar-refractivity contribution in [2.24, 2.45) is 5.41 Å². The Bertz CT molecular complexity index is 1250. The van der Waals surface area contributed by atoms with Crippen LogP contribution in [0.15, 0.2) is 142 Å². The number of allylic oxidation sites excluding steroid dienone is 22. The van der Waals surface area contributed by atoms with Crippen LogP contribution in [0.2, 0.25) is 0 Å². The lowest BCUT2D eigenvalue weighted by Crippen LogP contribution is -2.28. The molecule has 0 bridgehead atoms. The molecule has 0 aromatic rings. The van der Waals surface area contributed by atoms with Gasteiger partial charge in [-0.05, 0) is 85.6 Å². The van der Waals surface area contributed by atoms with Crippen LogP contribution < -0.4 is 0 Å². The zero-order valence-electron chi connectivity index (χ0n) is 27.9. The fourth-order valence-electron chi connectivity index (χ4n) is 4.68. The van der Waals surface area contributed by atoms with E-state index in [-0.39, 0.29) is 11.5 Å². The minimum atomic E-state index is -0.666. The van der Waals surface area contributed by atoms with Crippen LogP contribution >= 0.6 is 0 Å². The molecule has 1 atom stereocenters. The van der Waals surface area contributed by atoms with E-state index in [9.17, 15) is 10.2 Å². The summed E-state index contributed by atoms with van der Waals surface area (Å²) in [5.74, 6) is 0. The van der Waals surface area contributed by atoms with Crippen molar-refractivity contribution in [3.63, 3.8) is 0 Å².